The number of aromatic nitrogens is 3. The minimum Gasteiger partial charge on any atom is -0.440 e. The van der Waals surface area contributed by atoms with Crippen molar-refractivity contribution in [2.45, 2.75) is 79.2 Å². The summed E-state index contributed by atoms with van der Waals surface area (Å²) in [6, 6.07) is 17.4. The molecule has 0 radical (unpaired) electrons. The summed E-state index contributed by atoms with van der Waals surface area (Å²) in [4.78, 5) is 37.0. The SMILES string of the molecule is CC.CC(=O)c1cc2cnc(Nc3cccc(-c4cccc5c(=O)cc(N6CCNCC6)oc45)c3)nc2n1C1CCCC1.CCCC. The molecular formula is C38H48N6O3. The summed E-state index contributed by atoms with van der Waals surface area (Å²) < 4.78 is 8.49. The largest absolute Gasteiger partial charge is 0.440 e. The molecule has 0 spiro atoms. The summed E-state index contributed by atoms with van der Waals surface area (Å²) >= 11 is 0. The quantitative estimate of drug-likeness (QED) is 0.171. The molecule has 2 aromatic carbocycles. The van der Waals surface area contributed by atoms with Gasteiger partial charge in [-0.3, -0.25) is 9.59 Å². The lowest BCUT2D eigenvalue weighted by molar-refractivity contribution is 0.100. The molecule has 3 aromatic heterocycles. The van der Waals surface area contributed by atoms with Gasteiger partial charge < -0.3 is 24.5 Å². The van der Waals surface area contributed by atoms with Crippen molar-refractivity contribution in [2.75, 3.05) is 36.4 Å². The van der Waals surface area contributed by atoms with Crippen LogP contribution in [0.1, 0.15) is 89.7 Å². The van der Waals surface area contributed by atoms with E-state index in [0.717, 1.165) is 79.7 Å². The van der Waals surface area contributed by atoms with Gasteiger partial charge in [0.05, 0.1) is 11.1 Å². The number of carbonyl (C=O) groups excluding carboxylic acids is 1. The van der Waals surface area contributed by atoms with E-state index in [-0.39, 0.29) is 17.3 Å². The third-order valence-corrected chi connectivity index (χ3v) is 8.73. The fourth-order valence-electron chi connectivity index (χ4n) is 6.20. The number of fused-ring (bicyclic) bond motifs is 2. The number of hydrogen-bond acceptors (Lipinski definition) is 8. The molecule has 1 aliphatic carbocycles. The normalized spacial score (nSPS) is 14.8. The molecule has 1 aliphatic heterocycles. The van der Waals surface area contributed by atoms with Gasteiger partial charge in [0.25, 0.3) is 0 Å². The average molecular weight is 637 g/mol. The Morgan fingerprint density at radius 2 is 1.72 bits per heavy atom. The van der Waals surface area contributed by atoms with E-state index in [4.69, 9.17) is 9.40 Å². The number of rotatable bonds is 7. The molecule has 9 heteroatoms. The second kappa shape index (κ2) is 15.9. The van der Waals surface area contributed by atoms with Crippen molar-refractivity contribution >= 4 is 45.3 Å². The number of benzene rings is 2. The molecule has 2 aliphatic rings. The highest BCUT2D eigenvalue weighted by Crippen LogP contribution is 2.35. The molecule has 0 atom stereocenters. The molecule has 5 aromatic rings. The number of nitrogens with zero attached hydrogens (tertiary/aromatic N) is 4. The van der Waals surface area contributed by atoms with Crippen molar-refractivity contribution in [3.05, 3.63) is 76.7 Å². The number of piperazine rings is 1. The van der Waals surface area contributed by atoms with E-state index in [1.807, 2.05) is 62.4 Å². The van der Waals surface area contributed by atoms with Crippen LogP contribution in [0, 0.1) is 0 Å². The van der Waals surface area contributed by atoms with E-state index in [0.29, 0.717) is 28.5 Å². The van der Waals surface area contributed by atoms with Crippen LogP contribution in [0.2, 0.25) is 0 Å². The van der Waals surface area contributed by atoms with Gasteiger partial charge in [0, 0.05) is 68.0 Å². The molecule has 47 heavy (non-hydrogen) atoms. The van der Waals surface area contributed by atoms with Gasteiger partial charge in [0.2, 0.25) is 5.95 Å². The number of para-hydroxylation sites is 1. The Bertz CT molecular complexity index is 1860. The number of Topliss-reactive ketones (excluding diaryl/α,β-unsaturated/α-hetero) is 1. The Labute approximate surface area is 277 Å². The summed E-state index contributed by atoms with van der Waals surface area (Å²) in [7, 11) is 0. The number of anilines is 3. The van der Waals surface area contributed by atoms with Crippen molar-refractivity contribution in [1.29, 1.82) is 0 Å². The lowest BCUT2D eigenvalue weighted by Crippen LogP contribution is -2.43. The Morgan fingerprint density at radius 1 is 1.00 bits per heavy atom. The maximum Gasteiger partial charge on any atom is 0.229 e. The maximum absolute atomic E-state index is 13.1. The molecule has 9 nitrogen and oxygen atoms in total. The minimum absolute atomic E-state index is 0.0407. The summed E-state index contributed by atoms with van der Waals surface area (Å²) in [5.74, 6) is 1.11. The van der Waals surface area contributed by atoms with Crippen LogP contribution in [-0.4, -0.2) is 46.5 Å². The molecule has 2 fully saturated rings. The van der Waals surface area contributed by atoms with Crippen LogP contribution in [0.3, 0.4) is 0 Å². The summed E-state index contributed by atoms with van der Waals surface area (Å²) in [6.45, 7) is 13.3. The molecule has 0 amide bonds. The first-order valence-electron chi connectivity index (χ1n) is 17.3. The molecule has 4 heterocycles. The predicted octanol–water partition coefficient (Wildman–Crippen LogP) is 8.51. The monoisotopic (exact) mass is 636 g/mol. The van der Waals surface area contributed by atoms with Gasteiger partial charge in [-0.15, -0.1) is 0 Å². The van der Waals surface area contributed by atoms with Crippen LogP contribution in [0.15, 0.2) is 70.0 Å². The van der Waals surface area contributed by atoms with Crippen LogP contribution in [0.5, 0.6) is 0 Å². The van der Waals surface area contributed by atoms with Crippen LogP contribution < -0.4 is 21.0 Å². The van der Waals surface area contributed by atoms with E-state index in [2.05, 4.69) is 38.9 Å². The summed E-state index contributed by atoms with van der Waals surface area (Å²) in [5, 5.41) is 8.12. The van der Waals surface area contributed by atoms with Crippen molar-refractivity contribution in [2.24, 2.45) is 0 Å². The van der Waals surface area contributed by atoms with Crippen molar-refractivity contribution in [1.82, 2.24) is 19.9 Å². The van der Waals surface area contributed by atoms with Gasteiger partial charge in [-0.2, -0.15) is 4.98 Å². The highest BCUT2D eigenvalue weighted by atomic mass is 16.4. The van der Waals surface area contributed by atoms with Crippen LogP contribution in [-0.2, 0) is 0 Å². The first kappa shape index (κ1) is 33.9. The van der Waals surface area contributed by atoms with Crippen LogP contribution >= 0.6 is 0 Å². The molecule has 7 rings (SSSR count). The van der Waals surface area contributed by atoms with Gasteiger partial charge >= 0.3 is 0 Å². The van der Waals surface area contributed by atoms with Crippen LogP contribution in [0.25, 0.3) is 33.1 Å². The lowest BCUT2D eigenvalue weighted by Gasteiger charge is -2.27. The molecule has 0 bridgehead atoms. The zero-order chi connectivity index (χ0) is 33.3. The third kappa shape index (κ3) is 7.57. The smallest absolute Gasteiger partial charge is 0.229 e. The van der Waals surface area contributed by atoms with Crippen molar-refractivity contribution < 1.29 is 9.21 Å². The molecule has 248 valence electrons. The van der Waals surface area contributed by atoms with Gasteiger partial charge in [0.15, 0.2) is 17.1 Å². The van der Waals surface area contributed by atoms with E-state index < -0.39 is 0 Å². The van der Waals surface area contributed by atoms with E-state index >= 15 is 0 Å². The Morgan fingerprint density at radius 3 is 2.43 bits per heavy atom. The number of ketones is 1. The maximum atomic E-state index is 13.1. The molecule has 2 N–H and O–H groups in total. The Balaban J connectivity index is 0.000000674. The minimum atomic E-state index is -0.0483. The fraction of sp³-hybridized carbons (Fsp3) is 0.421. The molecule has 1 saturated heterocycles. The van der Waals surface area contributed by atoms with Gasteiger partial charge in [-0.25, -0.2) is 4.98 Å². The molecule has 0 unspecified atom stereocenters. The average Bonchev–Trinajstić information content (AvgIpc) is 3.78. The second-order valence-corrected chi connectivity index (χ2v) is 11.9. The topological polar surface area (TPSA) is 105 Å². The van der Waals surface area contributed by atoms with Crippen LogP contribution in [0.4, 0.5) is 17.5 Å². The van der Waals surface area contributed by atoms with Gasteiger partial charge in [-0.05, 0) is 42.7 Å². The van der Waals surface area contributed by atoms with E-state index in [9.17, 15) is 9.59 Å². The van der Waals surface area contributed by atoms with Crippen molar-refractivity contribution in [3.63, 3.8) is 0 Å². The highest BCUT2D eigenvalue weighted by molar-refractivity contribution is 5.98. The van der Waals surface area contributed by atoms with Gasteiger partial charge in [-0.1, -0.05) is 77.6 Å². The zero-order valence-corrected chi connectivity index (χ0v) is 28.4. The zero-order valence-electron chi connectivity index (χ0n) is 28.4. The first-order valence-corrected chi connectivity index (χ1v) is 17.3. The highest BCUT2D eigenvalue weighted by Gasteiger charge is 2.24. The number of nitrogens with one attached hydrogen (secondary N) is 2. The predicted molar refractivity (Wildman–Crippen MR) is 193 cm³/mol. The fourth-order valence-corrected chi connectivity index (χ4v) is 6.20. The first-order chi connectivity index (χ1) is 23.0. The van der Waals surface area contributed by atoms with E-state index in [1.165, 1.54) is 12.8 Å². The second-order valence-electron chi connectivity index (χ2n) is 11.9. The van der Waals surface area contributed by atoms with Gasteiger partial charge in [0.1, 0.15) is 11.2 Å². The summed E-state index contributed by atoms with van der Waals surface area (Å²) in [5.41, 5.74) is 4.57. The third-order valence-electron chi connectivity index (χ3n) is 8.73. The Hall–Kier alpha value is -4.50. The number of carbonyl (C=O) groups is 1. The lowest BCUT2D eigenvalue weighted by atomic mass is 10.0. The number of unbranched alkanes of at least 4 members (excludes halogenated alkanes) is 1. The standard InChI is InChI=1S/C32H32N6O3.C4H10.C2H6/c1-20(39)27-17-22-19-34-32(36-31(22)38(27)24-8-2-3-9-24)35-23-7-4-6-21(16-23)25-10-5-11-26-28(40)18-29(41-30(25)26)37-14-12-33-13-15-37;1-3-4-2;1-2/h4-7,10-11,16-19,24,33H,2-3,8-9,12-15H2,1H3,(H,34,35,36);3-4H2,1-2H3;1-2H3. The molecular weight excluding hydrogens is 588 g/mol. The van der Waals surface area contributed by atoms with Crippen molar-refractivity contribution in [3.8, 4) is 11.1 Å². The molecule has 1 saturated carbocycles. The number of hydrogen-bond donors (Lipinski definition) is 2. The van der Waals surface area contributed by atoms with E-state index in [1.54, 1.807) is 19.2 Å². The summed E-state index contributed by atoms with van der Waals surface area (Å²) in [6.07, 6.45) is 8.85. The Kier molecular flexibility index (Phi) is 11.4.